The van der Waals surface area contributed by atoms with Gasteiger partial charge in [0.05, 0.1) is 29.0 Å². The number of aromatic nitrogens is 1. The summed E-state index contributed by atoms with van der Waals surface area (Å²) in [7, 11) is 1.34. The van der Waals surface area contributed by atoms with Crippen LogP contribution in [0.15, 0.2) is 75.7 Å². The first-order valence-corrected chi connectivity index (χ1v) is 11.3. The van der Waals surface area contributed by atoms with E-state index in [0.717, 1.165) is 11.1 Å². The summed E-state index contributed by atoms with van der Waals surface area (Å²) in [6.07, 6.45) is 1.88. The van der Waals surface area contributed by atoms with Gasteiger partial charge in [0, 0.05) is 0 Å². The average molecular weight is 447 g/mol. The van der Waals surface area contributed by atoms with Gasteiger partial charge in [0.15, 0.2) is 4.80 Å². The molecule has 6 heteroatoms. The summed E-state index contributed by atoms with van der Waals surface area (Å²) in [4.78, 5) is 31.3. The normalized spacial score (nSPS) is 16.5. The maximum Gasteiger partial charge on any atom is 0.338 e. The minimum absolute atomic E-state index is 0.0648. The zero-order valence-electron chi connectivity index (χ0n) is 18.9. The quantitative estimate of drug-likeness (QED) is 0.577. The Balaban J connectivity index is 1.89. The summed E-state index contributed by atoms with van der Waals surface area (Å²) in [5, 5.41) is 0. The van der Waals surface area contributed by atoms with Crippen LogP contribution in [0.5, 0.6) is 0 Å². The van der Waals surface area contributed by atoms with Gasteiger partial charge in [0.1, 0.15) is 0 Å². The molecule has 164 valence electrons. The second-order valence-corrected chi connectivity index (χ2v) is 9.87. The van der Waals surface area contributed by atoms with Crippen molar-refractivity contribution < 1.29 is 9.53 Å². The van der Waals surface area contributed by atoms with Gasteiger partial charge in [-0.05, 0) is 35.1 Å². The standard InChI is InChI=1S/C26H26N2O3S/c1-16-21(24(30)31-5)22(18-9-7-6-8-10-18)28-23(29)20(32-25(28)27-16)15-17-11-13-19(14-12-17)26(2,3)4/h6-15,22H,1-5H3/b20-15+/t22-/m0/s1. The van der Waals surface area contributed by atoms with Crippen LogP contribution in [0.4, 0.5) is 0 Å². The Labute approximate surface area is 191 Å². The van der Waals surface area contributed by atoms with Crippen LogP contribution in [-0.4, -0.2) is 17.6 Å². The Bertz CT molecular complexity index is 1370. The highest BCUT2D eigenvalue weighted by Gasteiger charge is 2.32. The van der Waals surface area contributed by atoms with Crippen molar-refractivity contribution in [1.82, 2.24) is 4.57 Å². The predicted molar refractivity (Wildman–Crippen MR) is 127 cm³/mol. The van der Waals surface area contributed by atoms with Crippen LogP contribution >= 0.6 is 11.3 Å². The van der Waals surface area contributed by atoms with E-state index >= 15 is 0 Å². The van der Waals surface area contributed by atoms with Crippen molar-refractivity contribution in [3.63, 3.8) is 0 Å². The number of benzene rings is 2. The zero-order valence-corrected chi connectivity index (χ0v) is 19.7. The van der Waals surface area contributed by atoms with Crippen LogP contribution in [0.25, 0.3) is 6.08 Å². The van der Waals surface area contributed by atoms with Gasteiger partial charge in [-0.15, -0.1) is 0 Å². The third kappa shape index (κ3) is 3.98. The molecule has 0 radical (unpaired) electrons. The molecule has 2 heterocycles. The van der Waals surface area contributed by atoms with Gasteiger partial charge < -0.3 is 4.74 Å². The summed E-state index contributed by atoms with van der Waals surface area (Å²) in [5.41, 5.74) is 3.86. The number of esters is 1. The van der Waals surface area contributed by atoms with E-state index in [1.54, 1.807) is 11.5 Å². The van der Waals surface area contributed by atoms with Gasteiger partial charge >= 0.3 is 5.97 Å². The van der Waals surface area contributed by atoms with Crippen LogP contribution in [0.2, 0.25) is 0 Å². The minimum Gasteiger partial charge on any atom is -0.466 e. The summed E-state index contributed by atoms with van der Waals surface area (Å²) >= 11 is 1.33. The van der Waals surface area contributed by atoms with Gasteiger partial charge in [0.25, 0.3) is 5.56 Å². The highest BCUT2D eigenvalue weighted by atomic mass is 32.1. The molecule has 0 bridgehead atoms. The molecule has 3 aromatic rings. The molecule has 4 rings (SSSR count). The number of fused-ring (bicyclic) bond motifs is 1. The summed E-state index contributed by atoms with van der Waals surface area (Å²) in [6, 6.07) is 17.2. The monoisotopic (exact) mass is 446 g/mol. The number of nitrogens with zero attached hydrogens (tertiary/aromatic N) is 2. The van der Waals surface area contributed by atoms with E-state index in [-0.39, 0.29) is 11.0 Å². The number of hydrogen-bond acceptors (Lipinski definition) is 5. The molecule has 0 amide bonds. The number of allylic oxidation sites excluding steroid dienone is 1. The van der Waals surface area contributed by atoms with Crippen molar-refractivity contribution in [2.45, 2.75) is 39.2 Å². The Morgan fingerprint density at radius 3 is 2.34 bits per heavy atom. The Morgan fingerprint density at radius 1 is 1.09 bits per heavy atom. The molecule has 0 aliphatic carbocycles. The third-order valence-corrected chi connectivity index (χ3v) is 6.60. The van der Waals surface area contributed by atoms with E-state index in [2.05, 4.69) is 37.9 Å². The number of carbonyl (C=O) groups is 1. The lowest BCUT2D eigenvalue weighted by Gasteiger charge is -2.24. The lowest BCUT2D eigenvalue weighted by Crippen LogP contribution is -2.39. The fraction of sp³-hybridized carbons (Fsp3) is 0.269. The van der Waals surface area contributed by atoms with Crippen LogP contribution < -0.4 is 14.9 Å². The van der Waals surface area contributed by atoms with Crippen LogP contribution in [0.1, 0.15) is 50.4 Å². The fourth-order valence-corrected chi connectivity index (χ4v) is 4.92. The van der Waals surface area contributed by atoms with Crippen molar-refractivity contribution in [2.24, 2.45) is 4.99 Å². The highest BCUT2D eigenvalue weighted by Crippen LogP contribution is 2.30. The van der Waals surface area contributed by atoms with Crippen LogP contribution in [0.3, 0.4) is 0 Å². The minimum atomic E-state index is -0.578. The largest absolute Gasteiger partial charge is 0.466 e. The molecule has 0 N–H and O–H groups in total. The van der Waals surface area contributed by atoms with Crippen molar-refractivity contribution in [3.05, 3.63) is 102 Å². The van der Waals surface area contributed by atoms with E-state index in [1.165, 1.54) is 24.0 Å². The van der Waals surface area contributed by atoms with Crippen molar-refractivity contribution in [3.8, 4) is 0 Å². The van der Waals surface area contributed by atoms with Crippen molar-refractivity contribution >= 4 is 23.4 Å². The van der Waals surface area contributed by atoms with Crippen molar-refractivity contribution in [1.29, 1.82) is 0 Å². The van der Waals surface area contributed by atoms with Gasteiger partial charge in [-0.1, -0.05) is 86.7 Å². The first-order valence-electron chi connectivity index (χ1n) is 10.5. The van der Waals surface area contributed by atoms with Gasteiger partial charge in [0.2, 0.25) is 0 Å². The molecule has 1 aliphatic heterocycles. The number of rotatable bonds is 3. The number of thiazole rings is 1. The van der Waals surface area contributed by atoms with E-state index in [0.29, 0.717) is 20.6 Å². The molecule has 1 aliphatic rings. The van der Waals surface area contributed by atoms with Gasteiger partial charge in [-0.25, -0.2) is 9.79 Å². The van der Waals surface area contributed by atoms with Gasteiger partial charge in [-0.3, -0.25) is 9.36 Å². The molecule has 1 atom stereocenters. The molecule has 0 spiro atoms. The molecule has 1 aromatic heterocycles. The lowest BCUT2D eigenvalue weighted by atomic mass is 9.87. The highest BCUT2D eigenvalue weighted by molar-refractivity contribution is 7.07. The van der Waals surface area contributed by atoms with Crippen molar-refractivity contribution in [2.75, 3.05) is 7.11 Å². The first kappa shape index (κ1) is 22.0. The molecule has 5 nitrogen and oxygen atoms in total. The van der Waals surface area contributed by atoms with E-state index < -0.39 is 12.0 Å². The first-order chi connectivity index (χ1) is 15.2. The molecule has 0 saturated carbocycles. The van der Waals surface area contributed by atoms with E-state index in [1.807, 2.05) is 48.5 Å². The smallest absolute Gasteiger partial charge is 0.338 e. The SMILES string of the molecule is COC(=O)C1=C(C)N=c2s/c(=C/c3ccc(C(C)(C)C)cc3)c(=O)n2[C@H]1c1ccccc1. The summed E-state index contributed by atoms with van der Waals surface area (Å²) < 4.78 is 7.21. The third-order valence-electron chi connectivity index (χ3n) is 5.62. The van der Waals surface area contributed by atoms with E-state index in [4.69, 9.17) is 4.74 Å². The fourth-order valence-electron chi connectivity index (χ4n) is 3.87. The second kappa shape index (κ2) is 8.36. The average Bonchev–Trinajstić information content (AvgIpc) is 3.07. The van der Waals surface area contributed by atoms with E-state index in [9.17, 15) is 9.59 Å². The second-order valence-electron chi connectivity index (χ2n) is 8.86. The molecule has 32 heavy (non-hydrogen) atoms. The topological polar surface area (TPSA) is 60.7 Å². The molecule has 0 unspecified atom stereocenters. The molecular formula is C26H26N2O3S. The van der Waals surface area contributed by atoms with Gasteiger partial charge in [-0.2, -0.15) is 0 Å². The van der Waals surface area contributed by atoms with Crippen LogP contribution in [0, 0.1) is 0 Å². The van der Waals surface area contributed by atoms with Crippen LogP contribution in [-0.2, 0) is 14.9 Å². The Hall–Kier alpha value is -3.25. The molecule has 0 fully saturated rings. The summed E-state index contributed by atoms with van der Waals surface area (Å²) in [5.74, 6) is -0.479. The molecule has 2 aromatic carbocycles. The number of carbonyl (C=O) groups excluding carboxylic acids is 1. The molecule has 0 saturated heterocycles. The number of methoxy groups -OCH3 is 1. The Morgan fingerprint density at radius 2 is 1.75 bits per heavy atom. The maximum absolute atomic E-state index is 13.5. The predicted octanol–water partition coefficient (Wildman–Crippen LogP) is 3.71. The summed E-state index contributed by atoms with van der Waals surface area (Å²) in [6.45, 7) is 8.30. The number of ether oxygens (including phenoxy) is 1. The number of hydrogen-bond donors (Lipinski definition) is 0. The lowest BCUT2D eigenvalue weighted by molar-refractivity contribution is -0.136. The zero-order chi connectivity index (χ0) is 23.0. The molecular weight excluding hydrogens is 420 g/mol. The maximum atomic E-state index is 13.5. The Kier molecular flexibility index (Phi) is 5.73.